The monoisotopic (exact) mass is 618 g/mol. The molecule has 0 bridgehead atoms. The van der Waals surface area contributed by atoms with E-state index in [4.69, 9.17) is 0 Å². The number of alkyl halides is 6. The summed E-state index contributed by atoms with van der Waals surface area (Å²) in [4.78, 5) is 45.9. The van der Waals surface area contributed by atoms with E-state index in [9.17, 15) is 56.2 Å². The molecule has 2 amide bonds. The summed E-state index contributed by atoms with van der Waals surface area (Å²) in [5, 5.41) is 26.6. The molecule has 0 aromatic heterocycles. The Kier molecular flexibility index (Phi) is 8.37. The lowest BCUT2D eigenvalue weighted by molar-refractivity contribution is -0.385. The number of nitro groups is 2. The second-order valence-corrected chi connectivity index (χ2v) is 8.97. The van der Waals surface area contributed by atoms with Crippen LogP contribution in [0.3, 0.4) is 0 Å². The van der Waals surface area contributed by atoms with Crippen molar-refractivity contribution in [3.63, 3.8) is 0 Å². The van der Waals surface area contributed by atoms with Crippen LogP contribution in [0.15, 0.2) is 84.9 Å². The fourth-order valence-corrected chi connectivity index (χ4v) is 4.23. The molecule has 4 aromatic carbocycles. The van der Waals surface area contributed by atoms with Crippen molar-refractivity contribution in [3.05, 3.63) is 127 Å². The van der Waals surface area contributed by atoms with Gasteiger partial charge in [-0.1, -0.05) is 36.4 Å². The summed E-state index contributed by atoms with van der Waals surface area (Å²) in [6, 6.07) is 13.2. The number of halogens is 6. The maximum absolute atomic E-state index is 14.1. The standard InChI is InChI=1S/C28H16F6N4O6/c29-27(30,31)21-13-15(35-25(39)19-5-1-3-7-23(19)37(41)42)9-11-17(21)18-12-10-16(14-22(18)28(32,33)34)36-26(40)20-6-2-4-8-24(20)38(43)44/h1-14H,(H,35,39)(H,36,40). The second kappa shape index (κ2) is 11.8. The number of nitrogens with one attached hydrogen (secondary N) is 2. The maximum Gasteiger partial charge on any atom is 0.417 e. The molecule has 0 atom stereocenters. The average molecular weight is 618 g/mol. The van der Waals surface area contributed by atoms with Gasteiger partial charge in [0, 0.05) is 23.5 Å². The van der Waals surface area contributed by atoms with Gasteiger partial charge in [0.2, 0.25) is 0 Å². The Bertz CT molecular complexity index is 1680. The normalized spacial score (nSPS) is 11.5. The fourth-order valence-electron chi connectivity index (χ4n) is 4.23. The number of para-hydroxylation sites is 2. The van der Waals surface area contributed by atoms with Crippen LogP contribution in [-0.4, -0.2) is 21.7 Å². The lowest BCUT2D eigenvalue weighted by Crippen LogP contribution is -2.17. The van der Waals surface area contributed by atoms with E-state index >= 15 is 0 Å². The predicted octanol–water partition coefficient (Wildman–Crippen LogP) is 7.71. The first kappa shape index (κ1) is 31.1. The molecule has 0 aliphatic heterocycles. The Balaban J connectivity index is 1.74. The van der Waals surface area contributed by atoms with E-state index in [0.29, 0.717) is 24.3 Å². The minimum absolute atomic E-state index is 0.381. The minimum Gasteiger partial charge on any atom is -0.322 e. The van der Waals surface area contributed by atoms with Crippen LogP contribution in [0.2, 0.25) is 0 Å². The second-order valence-electron chi connectivity index (χ2n) is 8.97. The molecule has 0 saturated carbocycles. The molecule has 4 rings (SSSR count). The van der Waals surface area contributed by atoms with Gasteiger partial charge in [-0.2, -0.15) is 26.3 Å². The molecule has 0 radical (unpaired) electrons. The van der Waals surface area contributed by atoms with Crippen LogP contribution in [0.1, 0.15) is 31.8 Å². The summed E-state index contributed by atoms with van der Waals surface area (Å²) in [5.41, 5.74) is -8.18. The summed E-state index contributed by atoms with van der Waals surface area (Å²) in [5.74, 6) is -2.26. The van der Waals surface area contributed by atoms with Crippen LogP contribution in [0.25, 0.3) is 11.1 Å². The van der Waals surface area contributed by atoms with Gasteiger partial charge in [0.1, 0.15) is 11.1 Å². The molecule has 10 nitrogen and oxygen atoms in total. The van der Waals surface area contributed by atoms with Crippen molar-refractivity contribution in [2.75, 3.05) is 10.6 Å². The number of hydrogen-bond donors (Lipinski definition) is 2. The molecule has 0 fully saturated rings. The number of hydrogen-bond acceptors (Lipinski definition) is 6. The van der Waals surface area contributed by atoms with Crippen LogP contribution in [0.5, 0.6) is 0 Å². The van der Waals surface area contributed by atoms with Crippen LogP contribution >= 0.6 is 0 Å². The summed E-state index contributed by atoms with van der Waals surface area (Å²) >= 11 is 0. The largest absolute Gasteiger partial charge is 0.417 e. The van der Waals surface area contributed by atoms with Crippen molar-refractivity contribution in [1.29, 1.82) is 0 Å². The highest BCUT2D eigenvalue weighted by atomic mass is 19.4. The zero-order chi connectivity index (χ0) is 32.4. The highest BCUT2D eigenvalue weighted by molar-refractivity contribution is 6.08. The number of rotatable bonds is 7. The lowest BCUT2D eigenvalue weighted by Gasteiger charge is -2.20. The lowest BCUT2D eigenvalue weighted by atomic mass is 9.93. The predicted molar refractivity (Wildman–Crippen MR) is 144 cm³/mol. The fraction of sp³-hybridized carbons (Fsp3) is 0.0714. The molecular weight excluding hydrogens is 602 g/mol. The number of benzene rings is 4. The smallest absolute Gasteiger partial charge is 0.322 e. The molecule has 2 N–H and O–H groups in total. The molecule has 0 saturated heterocycles. The summed E-state index contributed by atoms with van der Waals surface area (Å²) in [7, 11) is 0. The van der Waals surface area contributed by atoms with Gasteiger partial charge in [-0.05, 0) is 47.5 Å². The first-order valence-corrected chi connectivity index (χ1v) is 12.1. The average Bonchev–Trinajstić information content (AvgIpc) is 2.96. The molecular formula is C28H16F6N4O6. The van der Waals surface area contributed by atoms with Gasteiger partial charge in [0.15, 0.2) is 0 Å². The van der Waals surface area contributed by atoms with Crippen LogP contribution in [0.4, 0.5) is 49.1 Å². The van der Waals surface area contributed by atoms with Gasteiger partial charge in [0.25, 0.3) is 23.2 Å². The van der Waals surface area contributed by atoms with Crippen LogP contribution in [-0.2, 0) is 12.4 Å². The van der Waals surface area contributed by atoms with Crippen LogP contribution in [0, 0.1) is 20.2 Å². The summed E-state index contributed by atoms with van der Waals surface area (Å²) in [6.45, 7) is 0. The van der Waals surface area contributed by atoms with E-state index in [0.717, 1.165) is 36.4 Å². The molecule has 44 heavy (non-hydrogen) atoms. The number of nitrogens with zero attached hydrogens (tertiary/aromatic N) is 2. The van der Waals surface area contributed by atoms with E-state index in [1.54, 1.807) is 0 Å². The first-order valence-electron chi connectivity index (χ1n) is 12.1. The number of anilines is 2. The highest BCUT2D eigenvalue weighted by Crippen LogP contribution is 2.44. The van der Waals surface area contributed by atoms with E-state index in [1.807, 2.05) is 0 Å². The Hall–Kier alpha value is -5.80. The Morgan fingerprint density at radius 1 is 0.568 bits per heavy atom. The van der Waals surface area contributed by atoms with Crippen molar-refractivity contribution in [2.45, 2.75) is 12.4 Å². The molecule has 0 spiro atoms. The molecule has 4 aromatic rings. The first-order chi connectivity index (χ1) is 20.6. The van der Waals surface area contributed by atoms with Crippen molar-refractivity contribution in [3.8, 4) is 11.1 Å². The van der Waals surface area contributed by atoms with E-state index in [1.165, 1.54) is 24.3 Å². The highest BCUT2D eigenvalue weighted by Gasteiger charge is 2.39. The van der Waals surface area contributed by atoms with Crippen molar-refractivity contribution in [2.24, 2.45) is 0 Å². The number of amides is 2. The zero-order valence-corrected chi connectivity index (χ0v) is 21.7. The van der Waals surface area contributed by atoms with Crippen molar-refractivity contribution < 1.29 is 45.8 Å². The van der Waals surface area contributed by atoms with Gasteiger partial charge >= 0.3 is 12.4 Å². The van der Waals surface area contributed by atoms with E-state index in [2.05, 4.69) is 10.6 Å². The third-order valence-corrected chi connectivity index (χ3v) is 6.15. The molecule has 0 unspecified atom stereocenters. The summed E-state index contributed by atoms with van der Waals surface area (Å²) < 4.78 is 84.7. The van der Waals surface area contributed by atoms with Gasteiger partial charge in [0.05, 0.1) is 21.0 Å². The third-order valence-electron chi connectivity index (χ3n) is 6.15. The Morgan fingerprint density at radius 2 is 0.909 bits per heavy atom. The van der Waals surface area contributed by atoms with Gasteiger partial charge < -0.3 is 10.6 Å². The Labute approximate surface area is 242 Å². The quantitative estimate of drug-likeness (QED) is 0.123. The van der Waals surface area contributed by atoms with E-state index < -0.39 is 90.1 Å². The SMILES string of the molecule is O=C(Nc1ccc(-c2ccc(NC(=O)c3ccccc3[N+](=O)[O-])cc2C(F)(F)F)c(C(F)(F)F)c1)c1ccccc1[N+](=O)[O-]. The zero-order valence-electron chi connectivity index (χ0n) is 21.7. The number of carbonyl (C=O) groups excluding carboxylic acids is 2. The maximum atomic E-state index is 14.1. The third kappa shape index (κ3) is 6.64. The van der Waals surface area contributed by atoms with Gasteiger partial charge in [-0.15, -0.1) is 0 Å². The minimum atomic E-state index is -5.23. The molecule has 0 heterocycles. The molecule has 0 aliphatic rings. The number of nitro benzene ring substituents is 2. The number of carbonyl (C=O) groups is 2. The summed E-state index contributed by atoms with van der Waals surface area (Å²) in [6.07, 6.45) is -10.5. The molecule has 16 heteroatoms. The topological polar surface area (TPSA) is 144 Å². The molecule has 0 aliphatic carbocycles. The van der Waals surface area contributed by atoms with Crippen molar-refractivity contribution in [1.82, 2.24) is 0 Å². The van der Waals surface area contributed by atoms with Crippen molar-refractivity contribution >= 4 is 34.6 Å². The van der Waals surface area contributed by atoms with Crippen LogP contribution < -0.4 is 10.6 Å². The van der Waals surface area contributed by atoms with Gasteiger partial charge in [-0.3, -0.25) is 29.8 Å². The van der Waals surface area contributed by atoms with E-state index in [-0.39, 0.29) is 0 Å². The van der Waals surface area contributed by atoms with Gasteiger partial charge in [-0.25, -0.2) is 0 Å². The Morgan fingerprint density at radius 3 is 1.23 bits per heavy atom. The molecule has 226 valence electrons.